The standard InChI is InChI=1S/C13H18FNO5S2/c1-20-13-4-3-11(9-12(13)14)22(18,19)15-7-5-10(6-8-15)21(2,16)17/h3-4,9-10H,5-8H2,1-2H3. The third-order valence-corrected chi connectivity index (χ3v) is 7.34. The van der Waals surface area contributed by atoms with Gasteiger partial charge in [0.2, 0.25) is 10.0 Å². The molecule has 0 spiro atoms. The quantitative estimate of drug-likeness (QED) is 0.809. The van der Waals surface area contributed by atoms with Gasteiger partial charge in [-0.25, -0.2) is 21.2 Å². The van der Waals surface area contributed by atoms with Crippen LogP contribution >= 0.6 is 0 Å². The molecular weight excluding hydrogens is 333 g/mol. The Kier molecular flexibility index (Phi) is 4.78. The van der Waals surface area contributed by atoms with Crippen molar-refractivity contribution in [1.29, 1.82) is 0 Å². The number of hydrogen-bond donors (Lipinski definition) is 0. The zero-order valence-electron chi connectivity index (χ0n) is 12.3. The molecule has 0 radical (unpaired) electrons. The van der Waals surface area contributed by atoms with Crippen molar-refractivity contribution in [2.45, 2.75) is 23.0 Å². The molecule has 22 heavy (non-hydrogen) atoms. The van der Waals surface area contributed by atoms with E-state index in [1.54, 1.807) is 0 Å². The highest BCUT2D eigenvalue weighted by molar-refractivity contribution is 7.91. The summed E-state index contributed by atoms with van der Waals surface area (Å²) in [5.41, 5.74) is 0. The number of methoxy groups -OCH3 is 1. The van der Waals surface area contributed by atoms with E-state index in [4.69, 9.17) is 4.74 Å². The Morgan fingerprint density at radius 3 is 2.23 bits per heavy atom. The van der Waals surface area contributed by atoms with Crippen molar-refractivity contribution in [2.24, 2.45) is 0 Å². The summed E-state index contributed by atoms with van der Waals surface area (Å²) in [6.07, 6.45) is 1.65. The number of piperidine rings is 1. The fourth-order valence-electron chi connectivity index (χ4n) is 2.46. The van der Waals surface area contributed by atoms with Crippen LogP contribution in [0.5, 0.6) is 5.75 Å². The third-order valence-electron chi connectivity index (χ3n) is 3.77. The summed E-state index contributed by atoms with van der Waals surface area (Å²) in [4.78, 5) is -0.163. The highest BCUT2D eigenvalue weighted by atomic mass is 32.2. The van der Waals surface area contributed by atoms with Crippen molar-refractivity contribution in [1.82, 2.24) is 4.31 Å². The normalized spacial score (nSPS) is 18.3. The van der Waals surface area contributed by atoms with Crippen molar-refractivity contribution in [3.8, 4) is 5.75 Å². The van der Waals surface area contributed by atoms with Crippen LogP contribution in [0.1, 0.15) is 12.8 Å². The largest absolute Gasteiger partial charge is 0.494 e. The Morgan fingerprint density at radius 2 is 1.77 bits per heavy atom. The minimum atomic E-state index is -3.84. The van der Waals surface area contributed by atoms with Gasteiger partial charge < -0.3 is 4.74 Å². The van der Waals surface area contributed by atoms with E-state index in [2.05, 4.69) is 0 Å². The lowest BCUT2D eigenvalue weighted by Gasteiger charge is -2.30. The summed E-state index contributed by atoms with van der Waals surface area (Å²) in [6.45, 7) is 0.210. The lowest BCUT2D eigenvalue weighted by molar-refractivity contribution is 0.345. The van der Waals surface area contributed by atoms with Gasteiger partial charge in [-0.15, -0.1) is 0 Å². The van der Waals surface area contributed by atoms with E-state index in [-0.39, 0.29) is 36.6 Å². The van der Waals surface area contributed by atoms with Crippen LogP contribution in [0.4, 0.5) is 4.39 Å². The average molecular weight is 351 g/mol. The van der Waals surface area contributed by atoms with Gasteiger partial charge in [-0.3, -0.25) is 0 Å². The van der Waals surface area contributed by atoms with Crippen molar-refractivity contribution in [3.05, 3.63) is 24.0 Å². The van der Waals surface area contributed by atoms with Crippen LogP contribution in [-0.2, 0) is 19.9 Å². The topological polar surface area (TPSA) is 80.8 Å². The molecule has 0 unspecified atom stereocenters. The molecule has 1 saturated heterocycles. The lowest BCUT2D eigenvalue weighted by Crippen LogP contribution is -2.42. The van der Waals surface area contributed by atoms with Gasteiger partial charge in [0.1, 0.15) is 9.84 Å². The predicted molar refractivity (Wildman–Crippen MR) is 79.6 cm³/mol. The number of sulfonamides is 1. The first-order valence-corrected chi connectivity index (χ1v) is 10.1. The van der Waals surface area contributed by atoms with Crippen LogP contribution in [-0.4, -0.2) is 52.8 Å². The smallest absolute Gasteiger partial charge is 0.243 e. The number of rotatable bonds is 4. The highest BCUT2D eigenvalue weighted by Gasteiger charge is 2.33. The number of hydrogen-bond acceptors (Lipinski definition) is 5. The first kappa shape index (κ1) is 17.2. The summed E-state index contributed by atoms with van der Waals surface area (Å²) in [5, 5.41) is -0.522. The van der Waals surface area contributed by atoms with Crippen molar-refractivity contribution >= 4 is 19.9 Å². The molecule has 6 nitrogen and oxygen atoms in total. The van der Waals surface area contributed by atoms with Crippen LogP contribution in [0.25, 0.3) is 0 Å². The number of ether oxygens (including phenoxy) is 1. The van der Waals surface area contributed by atoms with E-state index in [0.29, 0.717) is 0 Å². The number of sulfone groups is 1. The van der Waals surface area contributed by atoms with Crippen molar-refractivity contribution in [3.63, 3.8) is 0 Å². The first-order valence-electron chi connectivity index (χ1n) is 6.69. The predicted octanol–water partition coefficient (Wildman–Crippen LogP) is 1.03. The molecule has 0 amide bonds. The van der Waals surface area contributed by atoms with Crippen LogP contribution in [0, 0.1) is 5.82 Å². The Morgan fingerprint density at radius 1 is 1.18 bits per heavy atom. The maximum Gasteiger partial charge on any atom is 0.243 e. The molecule has 0 aliphatic carbocycles. The minimum Gasteiger partial charge on any atom is -0.494 e. The number of nitrogens with zero attached hydrogens (tertiary/aromatic N) is 1. The average Bonchev–Trinajstić information content (AvgIpc) is 2.46. The molecule has 1 heterocycles. The second-order valence-electron chi connectivity index (χ2n) is 5.23. The third kappa shape index (κ3) is 3.41. The molecule has 2 rings (SSSR count). The van der Waals surface area contributed by atoms with Gasteiger partial charge in [-0.1, -0.05) is 0 Å². The van der Waals surface area contributed by atoms with Crippen LogP contribution in [0.3, 0.4) is 0 Å². The van der Waals surface area contributed by atoms with Crippen molar-refractivity contribution in [2.75, 3.05) is 26.5 Å². The Bertz CT molecular complexity index is 753. The second kappa shape index (κ2) is 6.13. The minimum absolute atomic E-state index is 0.0327. The zero-order valence-corrected chi connectivity index (χ0v) is 14.0. The van der Waals surface area contributed by atoms with Crippen LogP contribution in [0.15, 0.2) is 23.1 Å². The van der Waals surface area contributed by atoms with Gasteiger partial charge in [-0.05, 0) is 31.0 Å². The molecule has 1 fully saturated rings. The van der Waals surface area contributed by atoms with Crippen LogP contribution in [0.2, 0.25) is 0 Å². The van der Waals surface area contributed by atoms with E-state index in [9.17, 15) is 21.2 Å². The Hall–Kier alpha value is -1.19. The van der Waals surface area contributed by atoms with Gasteiger partial charge >= 0.3 is 0 Å². The molecule has 1 aromatic rings. The first-order chi connectivity index (χ1) is 10.2. The molecular formula is C13H18FNO5S2. The molecule has 0 bridgehead atoms. The highest BCUT2D eigenvalue weighted by Crippen LogP contribution is 2.26. The number of halogens is 1. The van der Waals surface area contributed by atoms with Gasteiger partial charge in [0.25, 0.3) is 0 Å². The molecule has 1 aliphatic rings. The van der Waals surface area contributed by atoms with Gasteiger partial charge in [0.05, 0.1) is 17.3 Å². The van der Waals surface area contributed by atoms with E-state index < -0.39 is 30.9 Å². The molecule has 1 aliphatic heterocycles. The monoisotopic (exact) mass is 351 g/mol. The summed E-state index contributed by atoms with van der Waals surface area (Å²) in [6, 6.07) is 3.45. The van der Waals surface area contributed by atoms with E-state index in [1.807, 2.05) is 0 Å². The van der Waals surface area contributed by atoms with E-state index in [1.165, 1.54) is 23.5 Å². The number of benzene rings is 1. The molecule has 0 saturated carbocycles. The Balaban J connectivity index is 2.20. The SMILES string of the molecule is COc1ccc(S(=O)(=O)N2CCC(S(C)(=O)=O)CC2)cc1F. The van der Waals surface area contributed by atoms with E-state index in [0.717, 1.165) is 12.3 Å². The summed E-state index contributed by atoms with van der Waals surface area (Å²) < 4.78 is 67.6. The van der Waals surface area contributed by atoms with E-state index >= 15 is 0 Å². The van der Waals surface area contributed by atoms with Gasteiger partial charge in [0.15, 0.2) is 11.6 Å². The van der Waals surface area contributed by atoms with Gasteiger partial charge in [-0.2, -0.15) is 4.31 Å². The Labute approximate surface area is 129 Å². The maximum absolute atomic E-state index is 13.7. The summed E-state index contributed by atoms with van der Waals surface area (Å²) in [5.74, 6) is -0.788. The second-order valence-corrected chi connectivity index (χ2v) is 9.49. The molecule has 0 atom stereocenters. The zero-order chi connectivity index (χ0) is 16.5. The maximum atomic E-state index is 13.7. The van der Waals surface area contributed by atoms with Crippen LogP contribution < -0.4 is 4.74 Å². The van der Waals surface area contributed by atoms with Crippen molar-refractivity contribution < 1.29 is 26.0 Å². The molecule has 1 aromatic carbocycles. The molecule has 0 aromatic heterocycles. The van der Waals surface area contributed by atoms with Gasteiger partial charge in [0, 0.05) is 19.3 Å². The molecule has 9 heteroatoms. The molecule has 0 N–H and O–H groups in total. The summed E-state index contributed by atoms with van der Waals surface area (Å²) >= 11 is 0. The fourth-order valence-corrected chi connectivity index (χ4v) is 5.01. The molecule has 124 valence electrons. The fraction of sp³-hybridized carbons (Fsp3) is 0.538. The summed E-state index contributed by atoms with van der Waals surface area (Å²) in [7, 11) is -5.71. The lowest BCUT2D eigenvalue weighted by atomic mass is 10.2.